The van der Waals surface area contributed by atoms with Gasteiger partial charge in [0.15, 0.2) is 11.9 Å². The smallest absolute Gasteiger partial charge is 0.409 e. The van der Waals surface area contributed by atoms with Crippen LogP contribution in [0.5, 0.6) is 0 Å². The van der Waals surface area contributed by atoms with Crippen LogP contribution in [0.25, 0.3) is 0 Å². The van der Waals surface area contributed by atoms with Crippen molar-refractivity contribution >= 4 is 23.8 Å². The Balaban J connectivity index is 1.52. The molecule has 1 heterocycles. The summed E-state index contributed by atoms with van der Waals surface area (Å²) >= 11 is 0. The molecule has 1 aliphatic rings. The van der Waals surface area contributed by atoms with E-state index in [2.05, 4.69) is 5.32 Å². The summed E-state index contributed by atoms with van der Waals surface area (Å²) in [6.07, 6.45) is 0.668. The van der Waals surface area contributed by atoms with E-state index in [1.54, 1.807) is 24.3 Å². The monoisotopic (exact) mass is 452 g/mol. The molecule has 2 aromatic carbocycles. The van der Waals surface area contributed by atoms with Gasteiger partial charge in [0, 0.05) is 12.8 Å². The first-order chi connectivity index (χ1) is 16.0. The standard InChI is InChI=1S/C25H28N2O6/c28-21-16-20(24(30)31)27(22(29)15-9-3-6-12-18-10-4-1-5-11-18)23(21)26-25(32)33-17-19-13-7-2-8-14-19/h1-2,4-5,7-8,10-11,13-14,20,23H,3,6,9,12,15-17H2,(H,26,32)(H,30,31)/t20-,23?/m0/s1. The Morgan fingerprint density at radius 3 is 2.21 bits per heavy atom. The molecule has 2 atom stereocenters. The lowest BCUT2D eigenvalue weighted by molar-refractivity contribution is -0.150. The molecule has 33 heavy (non-hydrogen) atoms. The number of amides is 2. The van der Waals surface area contributed by atoms with E-state index < -0.39 is 36.0 Å². The molecule has 8 nitrogen and oxygen atoms in total. The van der Waals surface area contributed by atoms with Crippen molar-refractivity contribution in [1.82, 2.24) is 10.2 Å². The SMILES string of the molecule is O=C(NC1C(=O)C[C@@H](C(=O)O)N1C(=O)CCCCCc1ccccc1)OCc1ccccc1. The number of carboxylic acid groups (broad SMARTS) is 1. The lowest BCUT2D eigenvalue weighted by atomic mass is 10.1. The Kier molecular flexibility index (Phi) is 8.57. The number of Topliss-reactive ketones (excluding diaryl/α,β-unsaturated/α-hetero) is 1. The number of unbranched alkanes of at least 4 members (excludes halogenated alkanes) is 2. The van der Waals surface area contributed by atoms with Crippen molar-refractivity contribution in [3.63, 3.8) is 0 Å². The van der Waals surface area contributed by atoms with Crippen LogP contribution in [-0.2, 0) is 32.1 Å². The van der Waals surface area contributed by atoms with Gasteiger partial charge in [-0.25, -0.2) is 9.59 Å². The molecular weight excluding hydrogens is 424 g/mol. The highest BCUT2D eigenvalue weighted by atomic mass is 16.5. The number of ether oxygens (including phenoxy) is 1. The van der Waals surface area contributed by atoms with Crippen molar-refractivity contribution in [1.29, 1.82) is 0 Å². The number of likely N-dealkylation sites (tertiary alicyclic amines) is 1. The molecule has 1 unspecified atom stereocenters. The molecule has 0 aliphatic carbocycles. The van der Waals surface area contributed by atoms with Crippen molar-refractivity contribution in [3.05, 3.63) is 71.8 Å². The van der Waals surface area contributed by atoms with E-state index in [1.165, 1.54) is 5.56 Å². The Morgan fingerprint density at radius 1 is 0.939 bits per heavy atom. The number of carbonyl (C=O) groups is 4. The minimum Gasteiger partial charge on any atom is -0.480 e. The van der Waals surface area contributed by atoms with Crippen molar-refractivity contribution < 1.29 is 29.0 Å². The van der Waals surface area contributed by atoms with E-state index >= 15 is 0 Å². The molecule has 0 aromatic heterocycles. The van der Waals surface area contributed by atoms with E-state index in [0.29, 0.717) is 6.42 Å². The highest BCUT2D eigenvalue weighted by Gasteiger charge is 2.47. The van der Waals surface area contributed by atoms with E-state index in [1.807, 2.05) is 36.4 Å². The zero-order valence-electron chi connectivity index (χ0n) is 18.3. The lowest BCUT2D eigenvalue weighted by Crippen LogP contribution is -2.53. The van der Waals surface area contributed by atoms with Crippen LogP contribution in [0.4, 0.5) is 4.79 Å². The summed E-state index contributed by atoms with van der Waals surface area (Å²) in [6, 6.07) is 17.7. The third-order valence-corrected chi connectivity index (χ3v) is 5.55. The first kappa shape index (κ1) is 24.0. The molecule has 1 fully saturated rings. The summed E-state index contributed by atoms with van der Waals surface area (Å²) in [6.45, 7) is -0.00863. The number of carboxylic acids is 1. The molecule has 3 rings (SSSR count). The predicted octanol–water partition coefficient (Wildman–Crippen LogP) is 3.30. The predicted molar refractivity (Wildman–Crippen MR) is 120 cm³/mol. The fourth-order valence-electron chi connectivity index (χ4n) is 3.84. The second-order valence-electron chi connectivity index (χ2n) is 7.98. The molecule has 0 radical (unpaired) electrons. The van der Waals surface area contributed by atoms with Gasteiger partial charge in [0.1, 0.15) is 12.6 Å². The average Bonchev–Trinajstić information content (AvgIpc) is 3.15. The van der Waals surface area contributed by atoms with Crippen molar-refractivity contribution in [3.8, 4) is 0 Å². The van der Waals surface area contributed by atoms with Crippen LogP contribution in [-0.4, -0.2) is 46.0 Å². The molecule has 8 heteroatoms. The van der Waals surface area contributed by atoms with Crippen LogP contribution in [0.3, 0.4) is 0 Å². The number of hydrogen-bond acceptors (Lipinski definition) is 5. The number of aliphatic carboxylic acids is 1. The molecule has 0 spiro atoms. The maximum Gasteiger partial charge on any atom is 0.409 e. The molecule has 0 bridgehead atoms. The van der Waals surface area contributed by atoms with Crippen molar-refractivity contribution in [2.75, 3.05) is 0 Å². The molecule has 1 saturated heterocycles. The van der Waals surface area contributed by atoms with Gasteiger partial charge in [0.2, 0.25) is 5.91 Å². The van der Waals surface area contributed by atoms with Gasteiger partial charge >= 0.3 is 12.1 Å². The van der Waals surface area contributed by atoms with Gasteiger partial charge in [0.25, 0.3) is 0 Å². The first-order valence-corrected chi connectivity index (χ1v) is 11.0. The quantitative estimate of drug-likeness (QED) is 0.535. The maximum absolute atomic E-state index is 12.8. The van der Waals surface area contributed by atoms with Crippen molar-refractivity contribution in [2.45, 2.75) is 57.3 Å². The number of nitrogens with zero attached hydrogens (tertiary/aromatic N) is 1. The fourth-order valence-corrected chi connectivity index (χ4v) is 3.84. The molecule has 0 saturated carbocycles. The number of rotatable bonds is 10. The molecule has 2 N–H and O–H groups in total. The van der Waals surface area contributed by atoms with Gasteiger partial charge in [-0.15, -0.1) is 0 Å². The van der Waals surface area contributed by atoms with Crippen LogP contribution in [0.15, 0.2) is 60.7 Å². The zero-order valence-corrected chi connectivity index (χ0v) is 18.3. The van der Waals surface area contributed by atoms with Gasteiger partial charge < -0.3 is 14.7 Å². The molecule has 2 amide bonds. The molecule has 174 valence electrons. The summed E-state index contributed by atoms with van der Waals surface area (Å²) < 4.78 is 5.13. The molecule has 1 aliphatic heterocycles. The van der Waals surface area contributed by atoms with Gasteiger partial charge in [0.05, 0.1) is 0 Å². The molecular formula is C25H28N2O6. The second-order valence-corrected chi connectivity index (χ2v) is 7.98. The third kappa shape index (κ3) is 6.90. The van der Waals surface area contributed by atoms with Crippen LogP contribution >= 0.6 is 0 Å². The number of alkyl carbamates (subject to hydrolysis) is 1. The highest BCUT2D eigenvalue weighted by molar-refractivity contribution is 6.00. The summed E-state index contributed by atoms with van der Waals surface area (Å²) in [5.74, 6) is -2.28. The number of aryl methyl sites for hydroxylation is 1. The Morgan fingerprint density at radius 2 is 1.58 bits per heavy atom. The number of ketones is 1. The normalized spacial score (nSPS) is 17.6. The Labute approximate surface area is 192 Å². The third-order valence-electron chi connectivity index (χ3n) is 5.55. The van der Waals surface area contributed by atoms with E-state index in [0.717, 1.165) is 29.7 Å². The fraction of sp³-hybridized carbons (Fsp3) is 0.360. The largest absolute Gasteiger partial charge is 0.480 e. The van der Waals surface area contributed by atoms with Crippen LogP contribution in [0.2, 0.25) is 0 Å². The summed E-state index contributed by atoms with van der Waals surface area (Å²) in [5, 5.41) is 11.9. The molecule has 2 aromatic rings. The van der Waals surface area contributed by atoms with Crippen LogP contribution < -0.4 is 5.32 Å². The Bertz CT molecular complexity index is 963. The topological polar surface area (TPSA) is 113 Å². The van der Waals surface area contributed by atoms with Crippen molar-refractivity contribution in [2.24, 2.45) is 0 Å². The van der Waals surface area contributed by atoms with Gasteiger partial charge in [-0.05, 0) is 30.4 Å². The highest BCUT2D eigenvalue weighted by Crippen LogP contribution is 2.22. The van der Waals surface area contributed by atoms with E-state index in [4.69, 9.17) is 4.74 Å². The van der Waals surface area contributed by atoms with Gasteiger partial charge in [-0.1, -0.05) is 67.1 Å². The van der Waals surface area contributed by atoms with E-state index in [9.17, 15) is 24.3 Å². The second kappa shape index (κ2) is 11.8. The minimum absolute atomic E-state index is 0.00863. The zero-order chi connectivity index (χ0) is 23.6. The van der Waals surface area contributed by atoms with Crippen LogP contribution in [0, 0.1) is 0 Å². The van der Waals surface area contributed by atoms with Gasteiger partial charge in [-0.2, -0.15) is 0 Å². The number of hydrogen-bond donors (Lipinski definition) is 2. The number of carbonyl (C=O) groups excluding carboxylic acids is 3. The maximum atomic E-state index is 12.8. The number of benzene rings is 2. The first-order valence-electron chi connectivity index (χ1n) is 11.0. The van der Waals surface area contributed by atoms with Gasteiger partial charge in [-0.3, -0.25) is 14.9 Å². The Hall–Kier alpha value is -3.68. The summed E-state index contributed by atoms with van der Waals surface area (Å²) in [7, 11) is 0. The summed E-state index contributed by atoms with van der Waals surface area (Å²) in [4.78, 5) is 50.1. The van der Waals surface area contributed by atoms with Crippen LogP contribution in [0.1, 0.15) is 43.2 Å². The number of nitrogens with one attached hydrogen (secondary N) is 1. The average molecular weight is 453 g/mol. The lowest BCUT2D eigenvalue weighted by Gasteiger charge is -2.27. The minimum atomic E-state index is -1.34. The summed E-state index contributed by atoms with van der Waals surface area (Å²) in [5.41, 5.74) is 1.98. The van der Waals surface area contributed by atoms with E-state index in [-0.39, 0.29) is 19.4 Å².